The van der Waals surface area contributed by atoms with Gasteiger partial charge in [-0.1, -0.05) is 0 Å². The van der Waals surface area contributed by atoms with Crippen molar-refractivity contribution in [3.63, 3.8) is 0 Å². The van der Waals surface area contributed by atoms with E-state index < -0.39 is 0 Å². The molecule has 0 aromatic carbocycles. The van der Waals surface area contributed by atoms with E-state index in [1.54, 1.807) is 6.20 Å². The Morgan fingerprint density at radius 3 is 3.19 bits per heavy atom. The quantitative estimate of drug-likeness (QED) is 0.803. The number of hydrogen-bond donors (Lipinski definition) is 1. The fourth-order valence-corrected chi connectivity index (χ4v) is 2.27. The summed E-state index contributed by atoms with van der Waals surface area (Å²) in [4.78, 5) is 10.3. The average molecular weight is 241 g/mol. The molecule has 1 saturated heterocycles. The molecule has 1 atom stereocenters. The molecule has 16 heavy (non-hydrogen) atoms. The van der Waals surface area contributed by atoms with E-state index in [1.165, 1.54) is 6.42 Å². The van der Waals surface area contributed by atoms with E-state index in [0.29, 0.717) is 5.28 Å². The summed E-state index contributed by atoms with van der Waals surface area (Å²) >= 11 is 5.75. The summed E-state index contributed by atoms with van der Waals surface area (Å²) in [7, 11) is 2.12. The van der Waals surface area contributed by atoms with Crippen LogP contribution in [0.1, 0.15) is 12.1 Å². The Kier molecular flexibility index (Phi) is 4.09. The van der Waals surface area contributed by atoms with Gasteiger partial charge in [-0.2, -0.15) is 0 Å². The van der Waals surface area contributed by atoms with Crippen LogP contribution in [0.4, 0.5) is 0 Å². The average Bonchev–Trinajstić information content (AvgIpc) is 2.70. The van der Waals surface area contributed by atoms with Crippen LogP contribution in [0, 0.1) is 5.92 Å². The predicted molar refractivity (Wildman–Crippen MR) is 64.4 cm³/mol. The summed E-state index contributed by atoms with van der Waals surface area (Å²) < 4.78 is 0. The van der Waals surface area contributed by atoms with Gasteiger partial charge in [0.15, 0.2) is 0 Å². The van der Waals surface area contributed by atoms with Gasteiger partial charge < -0.3 is 10.2 Å². The van der Waals surface area contributed by atoms with Crippen molar-refractivity contribution in [2.45, 2.75) is 13.0 Å². The molecule has 0 aliphatic carbocycles. The smallest absolute Gasteiger partial charge is 0.222 e. The molecular weight excluding hydrogens is 224 g/mol. The maximum Gasteiger partial charge on any atom is 0.222 e. The van der Waals surface area contributed by atoms with Crippen molar-refractivity contribution in [2.24, 2.45) is 5.92 Å². The van der Waals surface area contributed by atoms with Crippen LogP contribution in [0.3, 0.4) is 0 Å². The number of aromatic nitrogens is 2. The van der Waals surface area contributed by atoms with E-state index in [1.807, 2.05) is 6.07 Å². The Morgan fingerprint density at radius 1 is 1.62 bits per heavy atom. The van der Waals surface area contributed by atoms with Crippen molar-refractivity contribution < 1.29 is 0 Å². The molecular formula is C11H17ClN4. The van der Waals surface area contributed by atoms with Crippen molar-refractivity contribution in [3.8, 4) is 0 Å². The Bertz CT molecular complexity index is 339. The number of nitrogens with zero attached hydrogens (tertiary/aromatic N) is 3. The minimum Gasteiger partial charge on any atom is -0.316 e. The molecule has 0 saturated carbocycles. The second-order valence-corrected chi connectivity index (χ2v) is 4.71. The second kappa shape index (κ2) is 5.57. The molecule has 2 heterocycles. The van der Waals surface area contributed by atoms with Crippen LogP contribution in [-0.4, -0.2) is 41.5 Å². The van der Waals surface area contributed by atoms with Gasteiger partial charge in [-0.15, -0.1) is 0 Å². The molecule has 0 radical (unpaired) electrons. The van der Waals surface area contributed by atoms with Crippen molar-refractivity contribution in [1.29, 1.82) is 0 Å². The Hall–Kier alpha value is -0.710. The number of rotatable bonds is 4. The third kappa shape index (κ3) is 3.40. The lowest BCUT2D eigenvalue weighted by atomic mass is 10.1. The van der Waals surface area contributed by atoms with Crippen molar-refractivity contribution in [2.75, 3.05) is 26.7 Å². The normalized spacial score (nSPS) is 20.6. The molecule has 1 N–H and O–H groups in total. The SMILES string of the molecule is CN(Cc1ccnc(Cl)n1)C[C@H]1CCNC1. The van der Waals surface area contributed by atoms with Crippen LogP contribution in [0.2, 0.25) is 5.28 Å². The van der Waals surface area contributed by atoms with E-state index in [9.17, 15) is 0 Å². The topological polar surface area (TPSA) is 41.1 Å². The molecule has 5 heteroatoms. The third-order valence-electron chi connectivity index (χ3n) is 2.85. The second-order valence-electron chi connectivity index (χ2n) is 4.37. The van der Waals surface area contributed by atoms with Crippen LogP contribution in [0.5, 0.6) is 0 Å². The Morgan fingerprint density at radius 2 is 2.50 bits per heavy atom. The van der Waals surface area contributed by atoms with Gasteiger partial charge in [0.2, 0.25) is 5.28 Å². The third-order valence-corrected chi connectivity index (χ3v) is 3.03. The highest BCUT2D eigenvalue weighted by Gasteiger charge is 2.16. The van der Waals surface area contributed by atoms with Gasteiger partial charge in [0.05, 0.1) is 5.69 Å². The van der Waals surface area contributed by atoms with Gasteiger partial charge in [0, 0.05) is 19.3 Å². The van der Waals surface area contributed by atoms with Gasteiger partial charge in [-0.25, -0.2) is 9.97 Å². The molecule has 0 unspecified atom stereocenters. The van der Waals surface area contributed by atoms with Gasteiger partial charge in [-0.05, 0) is 50.1 Å². The lowest BCUT2D eigenvalue weighted by Gasteiger charge is -2.19. The first-order valence-corrected chi connectivity index (χ1v) is 5.98. The van der Waals surface area contributed by atoms with E-state index in [4.69, 9.17) is 11.6 Å². The largest absolute Gasteiger partial charge is 0.316 e. The molecule has 1 aromatic heterocycles. The highest BCUT2D eigenvalue weighted by molar-refractivity contribution is 6.28. The Labute approximate surface area is 101 Å². The van der Waals surface area contributed by atoms with Crippen LogP contribution in [0.15, 0.2) is 12.3 Å². The summed E-state index contributed by atoms with van der Waals surface area (Å²) in [5.41, 5.74) is 0.980. The maximum atomic E-state index is 5.75. The highest BCUT2D eigenvalue weighted by atomic mass is 35.5. The fraction of sp³-hybridized carbons (Fsp3) is 0.636. The summed E-state index contributed by atoms with van der Waals surface area (Å²) in [5.74, 6) is 0.766. The van der Waals surface area contributed by atoms with Crippen molar-refractivity contribution in [3.05, 3.63) is 23.2 Å². The molecule has 1 aliphatic heterocycles. The van der Waals surface area contributed by atoms with Crippen LogP contribution < -0.4 is 5.32 Å². The lowest BCUT2D eigenvalue weighted by molar-refractivity contribution is 0.275. The van der Waals surface area contributed by atoms with Crippen molar-refractivity contribution >= 4 is 11.6 Å². The summed E-state index contributed by atoms with van der Waals surface area (Å²) in [5, 5.41) is 3.70. The molecule has 88 valence electrons. The highest BCUT2D eigenvalue weighted by Crippen LogP contribution is 2.10. The van der Waals surface area contributed by atoms with Crippen LogP contribution in [0.25, 0.3) is 0 Å². The summed E-state index contributed by atoms with van der Waals surface area (Å²) in [6.45, 7) is 4.22. The molecule has 0 amide bonds. The van der Waals surface area contributed by atoms with E-state index >= 15 is 0 Å². The number of halogens is 1. The first-order valence-electron chi connectivity index (χ1n) is 5.61. The van der Waals surface area contributed by atoms with E-state index in [2.05, 4.69) is 27.2 Å². The first kappa shape index (κ1) is 11.8. The minimum atomic E-state index is 0.327. The molecule has 0 spiro atoms. The minimum absolute atomic E-state index is 0.327. The van der Waals surface area contributed by atoms with Gasteiger partial charge in [0.1, 0.15) is 0 Å². The first-order chi connectivity index (χ1) is 7.74. The fourth-order valence-electron chi connectivity index (χ4n) is 2.11. The van der Waals surface area contributed by atoms with Gasteiger partial charge >= 0.3 is 0 Å². The maximum absolute atomic E-state index is 5.75. The number of nitrogens with one attached hydrogen (secondary N) is 1. The molecule has 0 bridgehead atoms. The van der Waals surface area contributed by atoms with Gasteiger partial charge in [-0.3, -0.25) is 0 Å². The predicted octanol–water partition coefficient (Wildman–Crippen LogP) is 1.17. The molecule has 1 aliphatic rings. The molecule has 4 nitrogen and oxygen atoms in total. The van der Waals surface area contributed by atoms with E-state index in [0.717, 1.165) is 37.8 Å². The summed E-state index contributed by atoms with van der Waals surface area (Å²) in [6, 6.07) is 1.91. The zero-order chi connectivity index (χ0) is 11.4. The monoisotopic (exact) mass is 240 g/mol. The van der Waals surface area contributed by atoms with Gasteiger partial charge in [0.25, 0.3) is 0 Å². The zero-order valence-electron chi connectivity index (χ0n) is 9.49. The lowest BCUT2D eigenvalue weighted by Crippen LogP contribution is -2.27. The molecule has 2 rings (SSSR count). The zero-order valence-corrected chi connectivity index (χ0v) is 10.2. The van der Waals surface area contributed by atoms with Crippen LogP contribution >= 0.6 is 11.6 Å². The van der Waals surface area contributed by atoms with Crippen molar-refractivity contribution in [1.82, 2.24) is 20.2 Å². The summed E-state index contributed by atoms with van der Waals surface area (Å²) in [6.07, 6.45) is 2.98. The standard InChI is InChI=1S/C11H17ClN4/c1-16(7-9-2-4-13-6-9)8-10-3-5-14-11(12)15-10/h3,5,9,13H,2,4,6-8H2,1H3/t9-/m0/s1. The van der Waals surface area contributed by atoms with Crippen LogP contribution in [-0.2, 0) is 6.54 Å². The molecule has 1 aromatic rings. The number of hydrogen-bond acceptors (Lipinski definition) is 4. The van der Waals surface area contributed by atoms with E-state index in [-0.39, 0.29) is 0 Å². The Balaban J connectivity index is 1.84. The molecule has 1 fully saturated rings.